The van der Waals surface area contributed by atoms with Crippen molar-refractivity contribution in [3.05, 3.63) is 57.8 Å². The van der Waals surface area contributed by atoms with Crippen LogP contribution in [0.15, 0.2) is 24.5 Å². The molecule has 2 aromatic heterocycles. The number of aryl methyl sites for hydroxylation is 1. The molecule has 4 fully saturated rings. The Morgan fingerprint density at radius 1 is 0.864 bits per heavy atom. The number of nitrogens with one attached hydrogen (secondary N) is 3. The van der Waals surface area contributed by atoms with Crippen molar-refractivity contribution < 1.29 is 18.8 Å². The van der Waals surface area contributed by atoms with E-state index >= 15 is 0 Å². The van der Waals surface area contributed by atoms with Gasteiger partial charge in [0.2, 0.25) is 17.8 Å². The summed E-state index contributed by atoms with van der Waals surface area (Å²) >= 11 is 6.59. The quantitative estimate of drug-likeness (QED) is 0.0891. The summed E-state index contributed by atoms with van der Waals surface area (Å²) in [5, 5.41) is 14.8. The molecular formula is C45H61ClFN9O3. The Hall–Kier alpha value is -3.94. The first-order chi connectivity index (χ1) is 28.7. The highest BCUT2D eigenvalue weighted by Gasteiger charge is 2.41. The minimum atomic E-state index is -0.690. The fraction of sp³-hybridized carbons (Fsp3) is 0.644. The van der Waals surface area contributed by atoms with Crippen LogP contribution >= 0.6 is 11.6 Å². The maximum Gasteiger partial charge on any atom is 0.255 e. The normalized spacial score (nSPS) is 22.9. The molecule has 59 heavy (non-hydrogen) atoms. The monoisotopic (exact) mass is 829 g/mol. The highest BCUT2D eigenvalue weighted by Crippen LogP contribution is 2.39. The van der Waals surface area contributed by atoms with Crippen molar-refractivity contribution in [2.75, 3.05) is 31.5 Å². The minimum absolute atomic E-state index is 0.194. The fourth-order valence-electron chi connectivity index (χ4n) is 9.88. The molecule has 12 nitrogen and oxygen atoms in total. The minimum Gasteiger partial charge on any atom is -0.351 e. The molecule has 3 aromatic rings. The van der Waals surface area contributed by atoms with E-state index in [0.717, 1.165) is 99.4 Å². The van der Waals surface area contributed by atoms with Crippen LogP contribution in [0.4, 0.5) is 10.3 Å². The number of hydrogen-bond donors (Lipinski definition) is 3. The van der Waals surface area contributed by atoms with Gasteiger partial charge in [-0.2, -0.15) is 5.10 Å². The first-order valence-electron chi connectivity index (χ1n) is 22.4. The van der Waals surface area contributed by atoms with E-state index in [1.165, 1.54) is 74.4 Å². The number of unbranched alkanes of at least 4 members (excludes halogenated alkanes) is 6. The van der Waals surface area contributed by atoms with Crippen LogP contribution in [0, 0.1) is 11.7 Å². The summed E-state index contributed by atoms with van der Waals surface area (Å²) < 4.78 is 16.8. The summed E-state index contributed by atoms with van der Waals surface area (Å²) in [7, 11) is 2.00. The number of fused-ring (bicyclic) bond motifs is 1. The van der Waals surface area contributed by atoms with Gasteiger partial charge in [0, 0.05) is 48.9 Å². The topological polar surface area (TPSA) is 137 Å². The van der Waals surface area contributed by atoms with Crippen molar-refractivity contribution in [2.45, 2.75) is 146 Å². The van der Waals surface area contributed by atoms with Gasteiger partial charge >= 0.3 is 0 Å². The molecule has 2 saturated heterocycles. The second kappa shape index (κ2) is 19.2. The van der Waals surface area contributed by atoms with Gasteiger partial charge in [-0.3, -0.25) is 24.4 Å². The van der Waals surface area contributed by atoms with E-state index < -0.39 is 17.8 Å². The molecule has 8 rings (SSSR count). The van der Waals surface area contributed by atoms with Gasteiger partial charge in [-0.05, 0) is 138 Å². The van der Waals surface area contributed by atoms with Crippen molar-refractivity contribution in [1.29, 1.82) is 0 Å². The van der Waals surface area contributed by atoms with Crippen LogP contribution in [0.3, 0.4) is 0 Å². The zero-order valence-corrected chi connectivity index (χ0v) is 35.4. The lowest BCUT2D eigenvalue weighted by Gasteiger charge is -2.33. The van der Waals surface area contributed by atoms with Gasteiger partial charge in [0.1, 0.15) is 11.9 Å². The predicted octanol–water partition coefficient (Wildman–Crippen LogP) is 7.31. The smallest absolute Gasteiger partial charge is 0.255 e. The number of piperidine rings is 2. The zero-order valence-electron chi connectivity index (χ0n) is 34.6. The van der Waals surface area contributed by atoms with E-state index in [0.29, 0.717) is 41.6 Å². The van der Waals surface area contributed by atoms with Gasteiger partial charge in [0.05, 0.1) is 23.1 Å². The molecule has 1 unspecified atom stereocenters. The third-order valence-corrected chi connectivity index (χ3v) is 13.8. The average Bonchev–Trinajstić information content (AvgIpc) is 3.91. The van der Waals surface area contributed by atoms with E-state index in [9.17, 15) is 18.8 Å². The van der Waals surface area contributed by atoms with Crippen LogP contribution in [-0.4, -0.2) is 91.6 Å². The molecule has 5 heterocycles. The van der Waals surface area contributed by atoms with Crippen LogP contribution in [0.25, 0.3) is 11.3 Å². The predicted molar refractivity (Wildman–Crippen MR) is 227 cm³/mol. The lowest BCUT2D eigenvalue weighted by atomic mass is 9.85. The van der Waals surface area contributed by atoms with Crippen molar-refractivity contribution in [3.8, 4) is 11.3 Å². The molecule has 5 aliphatic rings. The number of likely N-dealkylation sites (tertiary alicyclic amines) is 1. The summed E-state index contributed by atoms with van der Waals surface area (Å²) in [6, 6.07) is 3.17. The summed E-state index contributed by atoms with van der Waals surface area (Å²) in [6.45, 7) is 4.42. The maximum atomic E-state index is 14.8. The third kappa shape index (κ3) is 10.3. The van der Waals surface area contributed by atoms with Crippen LogP contribution in [0.5, 0.6) is 0 Å². The number of benzene rings is 1. The Morgan fingerprint density at radius 2 is 1.59 bits per heavy atom. The summed E-state index contributed by atoms with van der Waals surface area (Å²) in [4.78, 5) is 50.9. The van der Waals surface area contributed by atoms with Crippen molar-refractivity contribution in [3.63, 3.8) is 0 Å². The third-order valence-electron chi connectivity index (χ3n) is 13.6. The summed E-state index contributed by atoms with van der Waals surface area (Å²) in [5.74, 6) is 0.126. The van der Waals surface area contributed by atoms with Crippen LogP contribution in [-0.2, 0) is 29.6 Å². The number of rotatable bonds is 18. The molecule has 318 valence electrons. The Balaban J connectivity index is 0.665. The van der Waals surface area contributed by atoms with Crippen LogP contribution in [0.1, 0.15) is 142 Å². The van der Waals surface area contributed by atoms with E-state index in [1.807, 2.05) is 17.9 Å². The molecule has 0 spiro atoms. The molecule has 3 amide bonds. The Morgan fingerprint density at radius 3 is 2.34 bits per heavy atom. The van der Waals surface area contributed by atoms with Gasteiger partial charge < -0.3 is 20.4 Å². The van der Waals surface area contributed by atoms with Gasteiger partial charge in [0.15, 0.2) is 0 Å². The molecule has 0 bridgehead atoms. The lowest BCUT2D eigenvalue weighted by molar-refractivity contribution is -0.136. The second-order valence-corrected chi connectivity index (χ2v) is 18.2. The SMILES string of the molecule is Cn1ncc(-c2nc(NC3CCC(NCCCCCCCCCN4CCC(c5cc(F)cc6c5CN(C5CCC(=O)NC5=O)C6=O)CC4)CC3)ncc2Cl)c1CC1CC1. The highest BCUT2D eigenvalue weighted by atomic mass is 35.5. The van der Waals surface area contributed by atoms with Gasteiger partial charge in [0.25, 0.3) is 5.91 Å². The number of nitrogens with zero attached hydrogens (tertiary/aromatic N) is 6. The fourth-order valence-corrected chi connectivity index (χ4v) is 10.1. The number of carbonyl (C=O) groups excluding carboxylic acids is 3. The van der Waals surface area contributed by atoms with Gasteiger partial charge in [-0.15, -0.1) is 0 Å². The van der Waals surface area contributed by atoms with Gasteiger partial charge in [-0.1, -0.05) is 43.7 Å². The average molecular weight is 830 g/mol. The first-order valence-corrected chi connectivity index (χ1v) is 22.8. The second-order valence-electron chi connectivity index (χ2n) is 17.8. The Labute approximate surface area is 352 Å². The number of amides is 3. The van der Waals surface area contributed by atoms with Crippen molar-refractivity contribution in [1.82, 2.24) is 40.2 Å². The molecule has 1 atom stereocenters. The number of imide groups is 1. The largest absolute Gasteiger partial charge is 0.351 e. The van der Waals surface area contributed by atoms with Crippen molar-refractivity contribution >= 4 is 35.3 Å². The van der Waals surface area contributed by atoms with Gasteiger partial charge in [-0.25, -0.2) is 14.4 Å². The zero-order chi connectivity index (χ0) is 40.9. The molecular weight excluding hydrogens is 769 g/mol. The summed E-state index contributed by atoms with van der Waals surface area (Å²) in [6.07, 6.45) is 22.9. The first kappa shape index (κ1) is 41.8. The number of carbonyl (C=O) groups is 3. The number of aromatic nitrogens is 4. The van der Waals surface area contributed by atoms with E-state index in [2.05, 4.69) is 30.9 Å². The number of halogens is 2. The maximum absolute atomic E-state index is 14.8. The van der Waals surface area contributed by atoms with E-state index in [-0.39, 0.29) is 24.2 Å². The van der Waals surface area contributed by atoms with Crippen LogP contribution < -0.4 is 16.0 Å². The molecule has 2 saturated carbocycles. The Kier molecular flexibility index (Phi) is 13.6. The van der Waals surface area contributed by atoms with Crippen LogP contribution in [0.2, 0.25) is 5.02 Å². The standard InChI is InChI=1S/C45H61ClFN9O3/c1-54-40(23-29-9-10-29)36(26-50-54)42-38(46)27-49-45(53-42)51-33-13-11-32(12-14-33)48-19-7-5-3-2-4-6-8-20-55-21-17-30(18-22-55)34-24-31(47)25-35-37(34)28-56(44(35)59)39-15-16-41(57)52-43(39)58/h24-27,29-30,32-33,39,48H,2-23,28H2,1H3,(H,49,51,53)(H,52,57,58). The lowest BCUT2D eigenvalue weighted by Crippen LogP contribution is -2.52. The van der Waals surface area contributed by atoms with E-state index in [4.69, 9.17) is 16.6 Å². The molecule has 3 aliphatic heterocycles. The number of hydrogen-bond acceptors (Lipinski definition) is 9. The molecule has 0 radical (unpaired) electrons. The Bertz CT molecular complexity index is 1970. The number of anilines is 1. The molecule has 2 aliphatic carbocycles. The molecule has 14 heteroatoms. The summed E-state index contributed by atoms with van der Waals surface area (Å²) in [5.41, 5.74) is 5.13. The van der Waals surface area contributed by atoms with Crippen molar-refractivity contribution in [2.24, 2.45) is 13.0 Å². The van der Waals surface area contributed by atoms with E-state index in [1.54, 1.807) is 12.3 Å². The highest BCUT2D eigenvalue weighted by molar-refractivity contribution is 6.33. The molecule has 1 aromatic carbocycles. The molecule has 3 N–H and O–H groups in total.